The molecular weight excluding hydrogens is 328 g/mol. The van der Waals surface area contributed by atoms with E-state index in [1.165, 1.54) is 0 Å². The Morgan fingerprint density at radius 1 is 1.43 bits per heavy atom. The summed E-state index contributed by atoms with van der Waals surface area (Å²) < 4.78 is 0. The van der Waals surface area contributed by atoms with Gasteiger partial charge in [-0.2, -0.15) is 0 Å². The van der Waals surface area contributed by atoms with Gasteiger partial charge in [-0.1, -0.05) is 0 Å². The molecular formula is Cl2NO3Pt. The van der Waals surface area contributed by atoms with Gasteiger partial charge in [-0.05, 0) is 0 Å². The number of hydrogen-bond donors (Lipinski definition) is 0. The molecule has 0 saturated carbocycles. The van der Waals surface area contributed by atoms with Gasteiger partial charge >= 0.3 is 35.3 Å². The quantitative estimate of drug-likeness (QED) is 0.495. The summed E-state index contributed by atoms with van der Waals surface area (Å²) in [5.74, 6) is 0. The van der Waals surface area contributed by atoms with Gasteiger partial charge in [-0.15, -0.1) is 0 Å². The molecule has 0 unspecified atom stereocenters. The van der Waals surface area contributed by atoms with Gasteiger partial charge in [0.2, 0.25) is 0 Å². The van der Waals surface area contributed by atoms with Crippen LogP contribution in [-0.4, -0.2) is 5.09 Å². The molecule has 0 aliphatic rings. The molecule has 0 rings (SSSR count). The molecule has 0 radical (unpaired) electrons. The molecule has 7 heavy (non-hydrogen) atoms. The van der Waals surface area contributed by atoms with Crippen molar-refractivity contribution in [1.82, 2.24) is 0 Å². The van der Waals surface area contributed by atoms with E-state index in [0.29, 0.717) is 0 Å². The minimum atomic E-state index is -1.75. The first-order valence-electron chi connectivity index (χ1n) is 0.787. The summed E-state index contributed by atoms with van der Waals surface area (Å²) in [6.45, 7) is 0. The normalized spacial score (nSPS) is 6.57. The van der Waals surface area contributed by atoms with E-state index in [1.807, 2.05) is 0 Å². The van der Waals surface area contributed by atoms with Crippen LogP contribution in [0.25, 0.3) is 0 Å². The molecule has 7 heteroatoms. The first-order valence-corrected chi connectivity index (χ1v) is 6.42. The second kappa shape index (κ2) is 9.69. The van der Waals surface area contributed by atoms with Crippen LogP contribution < -0.4 is 0 Å². The standard InChI is InChI=1S/2ClH.NO3.Pt/c;;2-1(3)4;/h2*1H;;/q;;-1;+3/p-2. The van der Waals surface area contributed by atoms with Crippen LogP contribution in [0.4, 0.5) is 0 Å². The second-order valence-corrected chi connectivity index (χ2v) is 3.55. The third kappa shape index (κ3) is 589. The van der Waals surface area contributed by atoms with Gasteiger partial charge in [-0.3, -0.25) is 0 Å². The summed E-state index contributed by atoms with van der Waals surface area (Å²) in [6, 6.07) is 0. The van der Waals surface area contributed by atoms with Gasteiger partial charge < -0.3 is 15.3 Å². The topological polar surface area (TPSA) is 66.2 Å². The molecule has 47 valence electrons. The van der Waals surface area contributed by atoms with E-state index in [1.54, 1.807) is 0 Å². The summed E-state index contributed by atoms with van der Waals surface area (Å²) in [6.07, 6.45) is 0. The predicted molar refractivity (Wildman–Crippen MR) is 22.1 cm³/mol. The van der Waals surface area contributed by atoms with Gasteiger partial charge in [-0.25, -0.2) is 0 Å². The Balaban J connectivity index is 0. The maximum atomic E-state index is 8.25. The Bertz CT molecular complexity index is 44.2. The van der Waals surface area contributed by atoms with Crippen molar-refractivity contribution in [3.8, 4) is 0 Å². The molecule has 0 bridgehead atoms. The van der Waals surface area contributed by atoms with Gasteiger partial charge in [0.05, 0.1) is 5.09 Å². The number of hydrogen-bond acceptors (Lipinski definition) is 3. The van der Waals surface area contributed by atoms with Crippen LogP contribution in [0.15, 0.2) is 0 Å². The van der Waals surface area contributed by atoms with Crippen molar-refractivity contribution in [2.75, 3.05) is 0 Å². The molecule has 0 aromatic carbocycles. The Morgan fingerprint density at radius 3 is 1.43 bits per heavy atom. The monoisotopic (exact) mass is 327 g/mol. The molecule has 0 spiro atoms. The molecule has 0 atom stereocenters. The van der Waals surface area contributed by atoms with Gasteiger partial charge in [0.25, 0.3) is 0 Å². The zero-order valence-electron chi connectivity index (χ0n) is 2.74. The third-order valence-corrected chi connectivity index (χ3v) is 0. The molecule has 0 heterocycles. The van der Waals surface area contributed by atoms with Crippen molar-refractivity contribution >= 4 is 18.8 Å². The molecule has 0 saturated heterocycles. The Hall–Kier alpha value is 0.468. The van der Waals surface area contributed by atoms with Crippen molar-refractivity contribution in [2.24, 2.45) is 0 Å². The van der Waals surface area contributed by atoms with Gasteiger partial charge in [0.15, 0.2) is 0 Å². The van der Waals surface area contributed by atoms with Gasteiger partial charge in [0.1, 0.15) is 0 Å². The van der Waals surface area contributed by atoms with Crippen LogP contribution in [0.2, 0.25) is 0 Å². The fourth-order valence-corrected chi connectivity index (χ4v) is 0. The number of nitrogens with zero attached hydrogens (tertiary/aromatic N) is 1. The van der Waals surface area contributed by atoms with Crippen molar-refractivity contribution in [1.29, 1.82) is 0 Å². The second-order valence-electron chi connectivity index (χ2n) is 0.269. The van der Waals surface area contributed by atoms with Crippen LogP contribution in [0.1, 0.15) is 0 Å². The summed E-state index contributed by atoms with van der Waals surface area (Å²) >= 11 is -0.472. The van der Waals surface area contributed by atoms with E-state index < -0.39 is 21.6 Å². The fourth-order valence-electron chi connectivity index (χ4n) is 0. The molecule has 0 amide bonds. The minimum absolute atomic E-state index is 0.472. The third-order valence-electron chi connectivity index (χ3n) is 0. The van der Waals surface area contributed by atoms with E-state index in [9.17, 15) is 0 Å². The summed E-state index contributed by atoms with van der Waals surface area (Å²) in [5.41, 5.74) is 0. The van der Waals surface area contributed by atoms with Crippen molar-refractivity contribution in [2.45, 2.75) is 0 Å². The van der Waals surface area contributed by atoms with Crippen molar-refractivity contribution < 1.29 is 21.6 Å². The summed E-state index contributed by atoms with van der Waals surface area (Å²) in [4.78, 5) is 8.25. The molecule has 0 aromatic rings. The van der Waals surface area contributed by atoms with E-state index in [2.05, 4.69) is 0 Å². The predicted octanol–water partition coefficient (Wildman–Crippen LogP) is 1.14. The van der Waals surface area contributed by atoms with E-state index >= 15 is 0 Å². The van der Waals surface area contributed by atoms with E-state index in [4.69, 9.17) is 34.2 Å². The van der Waals surface area contributed by atoms with E-state index in [-0.39, 0.29) is 0 Å². The fraction of sp³-hybridized carbons (Fsp3) is 0. The molecule has 0 aliphatic heterocycles. The molecule has 0 aliphatic carbocycles. The maximum absolute atomic E-state index is 8.25. The van der Waals surface area contributed by atoms with Crippen LogP contribution in [0, 0.1) is 15.3 Å². The Labute approximate surface area is 55.9 Å². The first-order chi connectivity index (χ1) is 3.15. The molecule has 4 nitrogen and oxygen atoms in total. The number of rotatable bonds is 0. The van der Waals surface area contributed by atoms with Crippen molar-refractivity contribution in [3.05, 3.63) is 15.3 Å². The van der Waals surface area contributed by atoms with Crippen LogP contribution in [0.5, 0.6) is 0 Å². The summed E-state index contributed by atoms with van der Waals surface area (Å²) in [7, 11) is 9.75. The van der Waals surface area contributed by atoms with Crippen molar-refractivity contribution in [3.63, 3.8) is 0 Å². The first kappa shape index (κ1) is 10.4. The summed E-state index contributed by atoms with van der Waals surface area (Å²) in [5, 5.41) is 14.8. The Kier molecular flexibility index (Phi) is 14.5. The molecule has 0 fully saturated rings. The average Bonchev–Trinajstić information content (AvgIpc) is 1.33. The van der Waals surface area contributed by atoms with E-state index in [0.717, 1.165) is 0 Å². The zero-order chi connectivity index (χ0) is 6.28. The average molecular weight is 328 g/mol. The van der Waals surface area contributed by atoms with Crippen LogP contribution >= 0.6 is 18.8 Å². The number of halogens is 2. The SMILES string of the molecule is O=[N+]([O-])[O-].[Cl][Pt+][Cl]. The Morgan fingerprint density at radius 2 is 1.43 bits per heavy atom. The van der Waals surface area contributed by atoms with Crippen LogP contribution in [-0.2, 0) is 16.5 Å². The molecule has 0 aromatic heterocycles. The van der Waals surface area contributed by atoms with Crippen LogP contribution in [0.3, 0.4) is 0 Å². The zero-order valence-corrected chi connectivity index (χ0v) is 6.53. The van der Waals surface area contributed by atoms with Gasteiger partial charge in [0, 0.05) is 0 Å². The molecule has 0 N–H and O–H groups in total.